The highest BCUT2D eigenvalue weighted by Gasteiger charge is 2.08. The molecule has 0 amide bonds. The van der Waals surface area contributed by atoms with Crippen molar-refractivity contribution in [2.75, 3.05) is 5.32 Å². The molecule has 4 aromatic rings. The summed E-state index contributed by atoms with van der Waals surface area (Å²) in [5.74, 6) is 0. The van der Waals surface area contributed by atoms with Gasteiger partial charge in [0.2, 0.25) is 0 Å². The SMILES string of the molecule is c1ccc(-c2ccccc2Nc2ccccc2-c2ccsc2)cc1. The minimum atomic E-state index is 1.12. The summed E-state index contributed by atoms with van der Waals surface area (Å²) in [7, 11) is 0. The fourth-order valence-corrected chi connectivity index (χ4v) is 3.52. The molecule has 4 rings (SSSR count). The third kappa shape index (κ3) is 2.97. The van der Waals surface area contributed by atoms with E-state index in [2.05, 4.69) is 94.9 Å². The Balaban J connectivity index is 1.76. The highest BCUT2D eigenvalue weighted by molar-refractivity contribution is 7.08. The highest BCUT2D eigenvalue weighted by Crippen LogP contribution is 2.35. The van der Waals surface area contributed by atoms with E-state index in [0.717, 1.165) is 11.4 Å². The zero-order valence-corrected chi connectivity index (χ0v) is 14.0. The van der Waals surface area contributed by atoms with Crippen molar-refractivity contribution >= 4 is 22.7 Å². The molecule has 116 valence electrons. The molecule has 0 atom stereocenters. The molecule has 24 heavy (non-hydrogen) atoms. The van der Waals surface area contributed by atoms with Crippen LogP contribution in [-0.2, 0) is 0 Å². The Kier molecular flexibility index (Phi) is 4.13. The smallest absolute Gasteiger partial charge is 0.0464 e. The van der Waals surface area contributed by atoms with Crippen LogP contribution in [0.5, 0.6) is 0 Å². The number of nitrogens with one attached hydrogen (secondary N) is 1. The van der Waals surface area contributed by atoms with Gasteiger partial charge >= 0.3 is 0 Å². The average Bonchev–Trinajstić information content (AvgIpc) is 3.18. The molecule has 1 heterocycles. The van der Waals surface area contributed by atoms with E-state index >= 15 is 0 Å². The minimum Gasteiger partial charge on any atom is -0.355 e. The molecule has 0 bridgehead atoms. The monoisotopic (exact) mass is 327 g/mol. The van der Waals surface area contributed by atoms with E-state index in [4.69, 9.17) is 0 Å². The van der Waals surface area contributed by atoms with Gasteiger partial charge in [-0.2, -0.15) is 11.3 Å². The molecule has 2 heteroatoms. The quantitative estimate of drug-likeness (QED) is 0.433. The Hall–Kier alpha value is -2.84. The van der Waals surface area contributed by atoms with Crippen molar-refractivity contribution in [1.82, 2.24) is 0 Å². The average molecular weight is 327 g/mol. The largest absolute Gasteiger partial charge is 0.355 e. The van der Waals surface area contributed by atoms with E-state index in [1.165, 1.54) is 22.3 Å². The Bertz CT molecular complexity index is 927. The predicted octanol–water partition coefficient (Wildman–Crippen LogP) is 6.83. The van der Waals surface area contributed by atoms with Gasteiger partial charge in [-0.1, -0.05) is 66.7 Å². The van der Waals surface area contributed by atoms with Crippen molar-refractivity contribution in [2.45, 2.75) is 0 Å². The number of anilines is 2. The second-order valence-electron chi connectivity index (χ2n) is 5.59. The molecular weight excluding hydrogens is 310 g/mol. The molecule has 3 aromatic carbocycles. The summed E-state index contributed by atoms with van der Waals surface area (Å²) in [4.78, 5) is 0. The zero-order valence-electron chi connectivity index (χ0n) is 13.1. The number of rotatable bonds is 4. The van der Waals surface area contributed by atoms with Gasteiger partial charge in [0, 0.05) is 22.5 Å². The normalized spacial score (nSPS) is 10.5. The van der Waals surface area contributed by atoms with Gasteiger partial charge in [0.05, 0.1) is 0 Å². The Morgan fingerprint density at radius 2 is 1.12 bits per heavy atom. The second kappa shape index (κ2) is 6.73. The van der Waals surface area contributed by atoms with Crippen LogP contribution >= 0.6 is 11.3 Å². The summed E-state index contributed by atoms with van der Waals surface area (Å²) in [5, 5.41) is 7.93. The molecule has 0 aliphatic carbocycles. The summed E-state index contributed by atoms with van der Waals surface area (Å²) in [5.41, 5.74) is 7.14. The van der Waals surface area contributed by atoms with Crippen LogP contribution < -0.4 is 5.32 Å². The first kappa shape index (κ1) is 14.7. The number of para-hydroxylation sites is 2. The van der Waals surface area contributed by atoms with Crippen LogP contribution in [0.1, 0.15) is 0 Å². The maximum Gasteiger partial charge on any atom is 0.0464 e. The van der Waals surface area contributed by atoms with Crippen LogP contribution in [0.15, 0.2) is 95.7 Å². The van der Waals surface area contributed by atoms with Gasteiger partial charge in [-0.15, -0.1) is 0 Å². The number of benzene rings is 3. The Morgan fingerprint density at radius 3 is 1.75 bits per heavy atom. The fraction of sp³-hybridized carbons (Fsp3) is 0. The van der Waals surface area contributed by atoms with Gasteiger partial charge < -0.3 is 5.32 Å². The maximum atomic E-state index is 3.63. The molecule has 0 saturated carbocycles. The van der Waals surface area contributed by atoms with Crippen molar-refractivity contribution in [2.24, 2.45) is 0 Å². The lowest BCUT2D eigenvalue weighted by Crippen LogP contribution is -1.95. The van der Waals surface area contributed by atoms with Crippen LogP contribution in [0, 0.1) is 0 Å². The molecule has 0 spiro atoms. The van der Waals surface area contributed by atoms with Gasteiger partial charge in [0.25, 0.3) is 0 Å². The topological polar surface area (TPSA) is 12.0 Å². The van der Waals surface area contributed by atoms with Crippen LogP contribution in [0.4, 0.5) is 11.4 Å². The third-order valence-corrected chi connectivity index (χ3v) is 4.72. The lowest BCUT2D eigenvalue weighted by atomic mass is 10.0. The van der Waals surface area contributed by atoms with Crippen molar-refractivity contribution < 1.29 is 0 Å². The summed E-state index contributed by atoms with van der Waals surface area (Å²) in [6.45, 7) is 0. The van der Waals surface area contributed by atoms with Gasteiger partial charge in [-0.25, -0.2) is 0 Å². The Morgan fingerprint density at radius 1 is 0.542 bits per heavy atom. The lowest BCUT2D eigenvalue weighted by molar-refractivity contribution is 1.53. The summed E-state index contributed by atoms with van der Waals surface area (Å²) >= 11 is 1.72. The van der Waals surface area contributed by atoms with Crippen molar-refractivity contribution in [3.63, 3.8) is 0 Å². The summed E-state index contributed by atoms with van der Waals surface area (Å²) in [6.07, 6.45) is 0. The van der Waals surface area contributed by atoms with Crippen LogP contribution in [0.3, 0.4) is 0 Å². The standard InChI is InChI=1S/C22H17NS/c1-2-8-17(9-3-1)19-10-4-6-12-21(19)23-22-13-7-5-11-20(22)18-14-15-24-16-18/h1-16,23H. The van der Waals surface area contributed by atoms with E-state index in [-0.39, 0.29) is 0 Å². The first-order chi connectivity index (χ1) is 11.9. The number of thiophene rings is 1. The molecule has 0 fully saturated rings. The van der Waals surface area contributed by atoms with Crippen LogP contribution in [0.2, 0.25) is 0 Å². The van der Waals surface area contributed by atoms with Gasteiger partial charge in [-0.3, -0.25) is 0 Å². The second-order valence-corrected chi connectivity index (χ2v) is 6.37. The van der Waals surface area contributed by atoms with E-state index in [1.54, 1.807) is 11.3 Å². The molecule has 0 unspecified atom stereocenters. The molecule has 1 aromatic heterocycles. The van der Waals surface area contributed by atoms with E-state index < -0.39 is 0 Å². The maximum absolute atomic E-state index is 3.63. The molecule has 0 aliphatic rings. The summed E-state index contributed by atoms with van der Waals surface area (Å²) < 4.78 is 0. The van der Waals surface area contributed by atoms with E-state index in [0.29, 0.717) is 0 Å². The molecule has 1 N–H and O–H groups in total. The van der Waals surface area contributed by atoms with E-state index in [1.807, 2.05) is 6.07 Å². The first-order valence-corrected chi connectivity index (χ1v) is 8.89. The molecule has 0 aliphatic heterocycles. The highest BCUT2D eigenvalue weighted by atomic mass is 32.1. The van der Waals surface area contributed by atoms with Crippen molar-refractivity contribution in [3.8, 4) is 22.3 Å². The first-order valence-electron chi connectivity index (χ1n) is 7.95. The third-order valence-electron chi connectivity index (χ3n) is 4.04. The Labute approximate surface area is 146 Å². The predicted molar refractivity (Wildman–Crippen MR) is 105 cm³/mol. The fourth-order valence-electron chi connectivity index (χ4n) is 2.87. The van der Waals surface area contributed by atoms with Crippen LogP contribution in [-0.4, -0.2) is 0 Å². The number of hydrogen-bond donors (Lipinski definition) is 1. The van der Waals surface area contributed by atoms with Gasteiger partial charge in [0.15, 0.2) is 0 Å². The lowest BCUT2D eigenvalue weighted by Gasteiger charge is -2.15. The van der Waals surface area contributed by atoms with Crippen LogP contribution in [0.25, 0.3) is 22.3 Å². The van der Waals surface area contributed by atoms with Gasteiger partial charge in [-0.05, 0) is 40.1 Å². The van der Waals surface area contributed by atoms with Crippen molar-refractivity contribution in [3.05, 3.63) is 95.7 Å². The molecule has 1 nitrogen and oxygen atoms in total. The molecule has 0 saturated heterocycles. The van der Waals surface area contributed by atoms with Crippen molar-refractivity contribution in [1.29, 1.82) is 0 Å². The number of hydrogen-bond acceptors (Lipinski definition) is 2. The zero-order chi connectivity index (χ0) is 16.2. The van der Waals surface area contributed by atoms with Gasteiger partial charge in [0.1, 0.15) is 0 Å². The molecule has 0 radical (unpaired) electrons. The minimum absolute atomic E-state index is 1.12. The molecular formula is C22H17NS. The van der Waals surface area contributed by atoms with E-state index in [9.17, 15) is 0 Å². The summed E-state index contributed by atoms with van der Waals surface area (Å²) in [6, 6.07) is 29.5.